The fraction of sp³-hybridized carbons (Fsp3) is 0.909. The molecule has 0 amide bonds. The SMILES string of the molecule is CCCCCCCCCCCCCC(=O)OC[C@H](COC(=O)CCCCCCC)OC(=O)CCCCCCC. The van der Waals surface area contributed by atoms with E-state index in [1.165, 1.54) is 64.2 Å². The molecule has 0 fully saturated rings. The van der Waals surface area contributed by atoms with Crippen molar-refractivity contribution >= 4 is 17.9 Å². The Morgan fingerprint density at radius 2 is 0.692 bits per heavy atom. The fourth-order valence-corrected chi connectivity index (χ4v) is 4.56. The number of hydrogen-bond acceptors (Lipinski definition) is 6. The van der Waals surface area contributed by atoms with Crippen LogP contribution >= 0.6 is 0 Å². The maximum absolute atomic E-state index is 12.3. The predicted octanol–water partition coefficient (Wildman–Crippen LogP) is 9.41. The molecule has 0 aromatic heterocycles. The minimum Gasteiger partial charge on any atom is -0.462 e. The molecule has 6 heteroatoms. The van der Waals surface area contributed by atoms with Gasteiger partial charge in [-0.15, -0.1) is 0 Å². The molecule has 0 rings (SSSR count). The smallest absolute Gasteiger partial charge is 0.306 e. The maximum Gasteiger partial charge on any atom is 0.306 e. The number of unbranched alkanes of at least 4 members (excludes halogenated alkanes) is 18. The van der Waals surface area contributed by atoms with Crippen molar-refractivity contribution in [3.63, 3.8) is 0 Å². The molecule has 0 aliphatic carbocycles. The van der Waals surface area contributed by atoms with Crippen LogP contribution in [-0.4, -0.2) is 37.2 Å². The maximum atomic E-state index is 12.3. The largest absolute Gasteiger partial charge is 0.462 e. The molecule has 0 spiro atoms. The summed E-state index contributed by atoms with van der Waals surface area (Å²) in [7, 11) is 0. The van der Waals surface area contributed by atoms with Gasteiger partial charge in [0, 0.05) is 19.3 Å². The molecule has 0 radical (unpaired) electrons. The van der Waals surface area contributed by atoms with Crippen LogP contribution in [0.4, 0.5) is 0 Å². The van der Waals surface area contributed by atoms with Gasteiger partial charge < -0.3 is 14.2 Å². The second kappa shape index (κ2) is 29.4. The van der Waals surface area contributed by atoms with Gasteiger partial charge in [0.25, 0.3) is 0 Å². The summed E-state index contributed by atoms with van der Waals surface area (Å²) in [5, 5.41) is 0. The summed E-state index contributed by atoms with van der Waals surface area (Å²) >= 11 is 0. The third kappa shape index (κ3) is 27.8. The standard InChI is InChI=1S/C33H62O6/c1-4-7-10-13-14-15-16-17-18-21-23-26-32(35)38-29-30(39-33(36)27-24-20-12-9-6-3)28-37-31(34)25-22-19-11-8-5-2/h30H,4-29H2,1-3H3/t30-/m0/s1. The van der Waals surface area contributed by atoms with Crippen molar-refractivity contribution in [2.45, 2.75) is 181 Å². The zero-order valence-corrected chi connectivity index (χ0v) is 25.9. The van der Waals surface area contributed by atoms with Crippen molar-refractivity contribution in [3.8, 4) is 0 Å². The first kappa shape index (κ1) is 37.4. The van der Waals surface area contributed by atoms with E-state index in [1.807, 2.05) is 0 Å². The molecular weight excluding hydrogens is 492 g/mol. The lowest BCUT2D eigenvalue weighted by atomic mass is 10.1. The van der Waals surface area contributed by atoms with Gasteiger partial charge in [-0.25, -0.2) is 0 Å². The van der Waals surface area contributed by atoms with Gasteiger partial charge in [0.05, 0.1) is 0 Å². The zero-order chi connectivity index (χ0) is 28.8. The van der Waals surface area contributed by atoms with E-state index in [0.717, 1.165) is 70.6 Å². The molecule has 0 saturated carbocycles. The molecular formula is C33H62O6. The molecule has 39 heavy (non-hydrogen) atoms. The highest BCUT2D eigenvalue weighted by Gasteiger charge is 2.19. The topological polar surface area (TPSA) is 78.9 Å². The van der Waals surface area contributed by atoms with Crippen molar-refractivity contribution in [1.82, 2.24) is 0 Å². The number of hydrogen-bond donors (Lipinski definition) is 0. The van der Waals surface area contributed by atoms with E-state index in [9.17, 15) is 14.4 Å². The van der Waals surface area contributed by atoms with E-state index in [0.29, 0.717) is 19.3 Å². The van der Waals surface area contributed by atoms with Crippen LogP contribution in [0.2, 0.25) is 0 Å². The van der Waals surface area contributed by atoms with Crippen molar-refractivity contribution in [1.29, 1.82) is 0 Å². The molecule has 6 nitrogen and oxygen atoms in total. The van der Waals surface area contributed by atoms with Gasteiger partial charge in [-0.1, -0.05) is 136 Å². The summed E-state index contributed by atoms with van der Waals surface area (Å²) in [6.45, 7) is 6.42. The van der Waals surface area contributed by atoms with Crippen molar-refractivity contribution in [3.05, 3.63) is 0 Å². The molecule has 0 heterocycles. The predicted molar refractivity (Wildman–Crippen MR) is 160 cm³/mol. The first-order valence-electron chi connectivity index (χ1n) is 16.5. The first-order valence-corrected chi connectivity index (χ1v) is 16.5. The number of carbonyl (C=O) groups is 3. The summed E-state index contributed by atoms with van der Waals surface area (Å²) in [6.07, 6.45) is 24.3. The van der Waals surface area contributed by atoms with E-state index in [-0.39, 0.29) is 31.1 Å². The quantitative estimate of drug-likeness (QED) is 0.0520. The molecule has 230 valence electrons. The lowest BCUT2D eigenvalue weighted by molar-refractivity contribution is -0.167. The Bertz CT molecular complexity index is 577. The highest BCUT2D eigenvalue weighted by atomic mass is 16.6. The molecule has 0 aliphatic heterocycles. The molecule has 0 N–H and O–H groups in total. The molecule has 0 aromatic carbocycles. The average molecular weight is 555 g/mol. The van der Waals surface area contributed by atoms with Gasteiger partial charge in [0.1, 0.15) is 13.2 Å². The zero-order valence-electron chi connectivity index (χ0n) is 25.9. The minimum absolute atomic E-state index is 0.0672. The highest BCUT2D eigenvalue weighted by molar-refractivity contribution is 5.71. The molecule has 1 atom stereocenters. The van der Waals surface area contributed by atoms with Crippen molar-refractivity contribution in [2.75, 3.05) is 13.2 Å². The van der Waals surface area contributed by atoms with Gasteiger partial charge in [-0.3, -0.25) is 14.4 Å². The van der Waals surface area contributed by atoms with Gasteiger partial charge in [-0.05, 0) is 19.3 Å². The van der Waals surface area contributed by atoms with E-state index in [2.05, 4.69) is 20.8 Å². The summed E-state index contributed by atoms with van der Waals surface area (Å²) in [5.41, 5.74) is 0. The van der Waals surface area contributed by atoms with Crippen LogP contribution in [0.5, 0.6) is 0 Å². The van der Waals surface area contributed by atoms with Crippen LogP contribution in [0, 0.1) is 0 Å². The van der Waals surface area contributed by atoms with Crippen LogP contribution in [0.15, 0.2) is 0 Å². The van der Waals surface area contributed by atoms with Crippen molar-refractivity contribution in [2.24, 2.45) is 0 Å². The Morgan fingerprint density at radius 3 is 1.03 bits per heavy atom. The molecule has 0 saturated heterocycles. The number of carbonyl (C=O) groups excluding carboxylic acids is 3. The van der Waals surface area contributed by atoms with E-state index >= 15 is 0 Å². The van der Waals surface area contributed by atoms with Gasteiger partial charge in [-0.2, -0.15) is 0 Å². The number of esters is 3. The lowest BCUT2D eigenvalue weighted by Gasteiger charge is -2.18. The third-order valence-corrected chi connectivity index (χ3v) is 7.11. The Kier molecular flexibility index (Phi) is 28.2. The van der Waals surface area contributed by atoms with Crippen molar-refractivity contribution < 1.29 is 28.6 Å². The molecule has 0 aromatic rings. The number of ether oxygens (including phenoxy) is 3. The first-order chi connectivity index (χ1) is 19.0. The van der Waals surface area contributed by atoms with Crippen LogP contribution in [0.1, 0.15) is 175 Å². The monoisotopic (exact) mass is 554 g/mol. The fourth-order valence-electron chi connectivity index (χ4n) is 4.56. The second-order valence-electron chi connectivity index (χ2n) is 11.1. The van der Waals surface area contributed by atoms with Crippen LogP contribution in [0.3, 0.4) is 0 Å². The molecule has 0 unspecified atom stereocenters. The Hall–Kier alpha value is -1.59. The number of rotatable bonds is 29. The van der Waals surface area contributed by atoms with Gasteiger partial charge >= 0.3 is 17.9 Å². The second-order valence-corrected chi connectivity index (χ2v) is 11.1. The Labute approximate surface area is 240 Å². The molecule has 0 bridgehead atoms. The normalized spacial score (nSPS) is 11.8. The minimum atomic E-state index is -0.751. The van der Waals surface area contributed by atoms with Crippen LogP contribution < -0.4 is 0 Å². The van der Waals surface area contributed by atoms with E-state index in [4.69, 9.17) is 14.2 Å². The highest BCUT2D eigenvalue weighted by Crippen LogP contribution is 2.13. The van der Waals surface area contributed by atoms with E-state index < -0.39 is 6.10 Å². The molecule has 0 aliphatic rings. The third-order valence-electron chi connectivity index (χ3n) is 7.11. The van der Waals surface area contributed by atoms with Crippen LogP contribution in [-0.2, 0) is 28.6 Å². The van der Waals surface area contributed by atoms with E-state index in [1.54, 1.807) is 0 Å². The Morgan fingerprint density at radius 1 is 0.410 bits per heavy atom. The summed E-state index contributed by atoms with van der Waals surface area (Å²) in [5.74, 6) is -0.901. The van der Waals surface area contributed by atoms with Crippen LogP contribution in [0.25, 0.3) is 0 Å². The average Bonchev–Trinajstić information content (AvgIpc) is 2.93. The Balaban J connectivity index is 4.23. The lowest BCUT2D eigenvalue weighted by Crippen LogP contribution is -2.30. The van der Waals surface area contributed by atoms with Gasteiger partial charge in [0.2, 0.25) is 0 Å². The van der Waals surface area contributed by atoms with Gasteiger partial charge in [0.15, 0.2) is 6.10 Å². The summed E-state index contributed by atoms with van der Waals surface area (Å²) < 4.78 is 16.3. The summed E-state index contributed by atoms with van der Waals surface area (Å²) in [4.78, 5) is 36.7. The summed E-state index contributed by atoms with van der Waals surface area (Å²) in [6, 6.07) is 0.